The van der Waals surface area contributed by atoms with Gasteiger partial charge >= 0.3 is 5.97 Å². The largest absolute Gasteiger partial charge is 0.457 e. The van der Waals surface area contributed by atoms with E-state index in [2.05, 4.69) is 0 Å². The van der Waals surface area contributed by atoms with Crippen LogP contribution in [-0.2, 0) is 19.1 Å². The van der Waals surface area contributed by atoms with Gasteiger partial charge in [-0.05, 0) is 20.8 Å². The Morgan fingerprint density at radius 2 is 2.05 bits per heavy atom. The first-order chi connectivity index (χ1) is 8.76. The summed E-state index contributed by atoms with van der Waals surface area (Å²) in [6, 6.07) is -0.00994. The molecular formula is C13H18N2O4. The van der Waals surface area contributed by atoms with Gasteiger partial charge in [-0.25, -0.2) is 4.79 Å². The molecule has 1 amide bonds. The normalized spacial score (nSPS) is 34.1. The van der Waals surface area contributed by atoms with Crippen LogP contribution in [-0.4, -0.2) is 57.9 Å². The number of carbonyl (C=O) groups excluding carboxylic acids is 3. The highest BCUT2D eigenvalue weighted by Gasteiger charge is 2.70. The molecule has 0 N–H and O–H groups in total. The van der Waals surface area contributed by atoms with E-state index in [1.165, 1.54) is 4.90 Å². The van der Waals surface area contributed by atoms with Gasteiger partial charge in [0.2, 0.25) is 5.91 Å². The maximum Gasteiger partial charge on any atom is 0.356 e. The number of hydrogen-bond acceptors (Lipinski definition) is 5. The van der Waals surface area contributed by atoms with Crippen molar-refractivity contribution in [2.75, 3.05) is 13.1 Å². The Morgan fingerprint density at radius 3 is 2.63 bits per heavy atom. The summed E-state index contributed by atoms with van der Waals surface area (Å²) < 4.78 is 5.40. The number of β-lactam (4-membered cyclic amide) rings is 1. The molecule has 3 aliphatic rings. The molecule has 0 aromatic carbocycles. The van der Waals surface area contributed by atoms with Crippen LogP contribution in [0.4, 0.5) is 0 Å². The van der Waals surface area contributed by atoms with Crippen molar-refractivity contribution < 1.29 is 19.1 Å². The number of rotatable bonds is 1. The van der Waals surface area contributed by atoms with E-state index < -0.39 is 17.2 Å². The Labute approximate surface area is 111 Å². The van der Waals surface area contributed by atoms with E-state index in [-0.39, 0.29) is 17.7 Å². The number of carbonyl (C=O) groups is 3. The first kappa shape index (κ1) is 12.6. The monoisotopic (exact) mass is 266 g/mol. The number of hydrogen-bond donors (Lipinski definition) is 0. The maximum absolute atomic E-state index is 12.5. The van der Waals surface area contributed by atoms with Gasteiger partial charge < -0.3 is 9.64 Å². The average molecular weight is 266 g/mol. The van der Waals surface area contributed by atoms with Gasteiger partial charge in [0.25, 0.3) is 5.66 Å². The van der Waals surface area contributed by atoms with Crippen LogP contribution in [0.2, 0.25) is 0 Å². The number of ketones is 1. The van der Waals surface area contributed by atoms with Gasteiger partial charge in [0.1, 0.15) is 5.60 Å². The van der Waals surface area contributed by atoms with Gasteiger partial charge in [0.05, 0.1) is 6.04 Å². The third-order valence-corrected chi connectivity index (χ3v) is 3.96. The summed E-state index contributed by atoms with van der Waals surface area (Å²) in [5.74, 6) is -0.941. The zero-order valence-corrected chi connectivity index (χ0v) is 11.4. The number of Topliss-reactive ketones (excluding diaryl/α,β-unsaturated/α-hetero) is 1. The molecule has 0 aliphatic carbocycles. The predicted octanol–water partition coefficient (Wildman–Crippen LogP) is -0.0863. The molecular weight excluding hydrogens is 248 g/mol. The van der Waals surface area contributed by atoms with Gasteiger partial charge in [0, 0.05) is 25.9 Å². The zero-order chi connectivity index (χ0) is 14.0. The van der Waals surface area contributed by atoms with Crippen molar-refractivity contribution in [2.45, 2.75) is 50.9 Å². The first-order valence-corrected chi connectivity index (χ1v) is 6.61. The molecule has 104 valence electrons. The lowest BCUT2D eigenvalue weighted by molar-refractivity contribution is -0.186. The standard InChI is InChI=1S/C13H18N2O4/c1-12(2,3)19-11(18)13-9(16)4-5-14(13)7-8-6-10(17)15(8)13/h8H,4-7H2,1-3H3/t8-,13-/m1/s1. The van der Waals surface area contributed by atoms with Crippen molar-refractivity contribution in [3.05, 3.63) is 0 Å². The van der Waals surface area contributed by atoms with E-state index in [4.69, 9.17) is 4.74 Å². The highest BCUT2D eigenvalue weighted by molar-refractivity contribution is 6.13. The zero-order valence-electron chi connectivity index (χ0n) is 11.4. The van der Waals surface area contributed by atoms with Crippen molar-refractivity contribution in [2.24, 2.45) is 0 Å². The van der Waals surface area contributed by atoms with Crippen LogP contribution in [0.25, 0.3) is 0 Å². The van der Waals surface area contributed by atoms with Crippen LogP contribution < -0.4 is 0 Å². The number of amides is 1. The van der Waals surface area contributed by atoms with Crippen molar-refractivity contribution in [3.8, 4) is 0 Å². The molecule has 0 spiro atoms. The third kappa shape index (κ3) is 1.49. The van der Waals surface area contributed by atoms with Gasteiger partial charge in [-0.15, -0.1) is 0 Å². The molecule has 0 bridgehead atoms. The van der Waals surface area contributed by atoms with Crippen molar-refractivity contribution in [1.82, 2.24) is 9.80 Å². The first-order valence-electron chi connectivity index (χ1n) is 6.61. The highest BCUT2D eigenvalue weighted by atomic mass is 16.6. The molecule has 2 atom stereocenters. The van der Waals surface area contributed by atoms with E-state index >= 15 is 0 Å². The summed E-state index contributed by atoms with van der Waals surface area (Å²) >= 11 is 0. The fraction of sp³-hybridized carbons (Fsp3) is 0.769. The molecule has 3 heterocycles. The van der Waals surface area contributed by atoms with Crippen molar-refractivity contribution in [1.29, 1.82) is 0 Å². The molecule has 0 aromatic heterocycles. The Balaban J connectivity index is 1.99. The van der Waals surface area contributed by atoms with Crippen LogP contribution >= 0.6 is 0 Å². The number of fused-ring (bicyclic) bond motifs is 3. The molecule has 0 radical (unpaired) electrons. The molecule has 0 aromatic rings. The van der Waals surface area contributed by atoms with E-state index in [1.54, 1.807) is 25.7 Å². The lowest BCUT2D eigenvalue weighted by Crippen LogP contribution is -2.68. The molecule has 3 rings (SSSR count). The Morgan fingerprint density at radius 1 is 1.37 bits per heavy atom. The van der Waals surface area contributed by atoms with Gasteiger partial charge in [-0.1, -0.05) is 0 Å². The van der Waals surface area contributed by atoms with Crippen LogP contribution in [0.1, 0.15) is 33.6 Å². The molecule has 3 saturated heterocycles. The minimum Gasteiger partial charge on any atom is -0.457 e. The smallest absolute Gasteiger partial charge is 0.356 e. The lowest BCUT2D eigenvalue weighted by Gasteiger charge is -2.43. The summed E-state index contributed by atoms with van der Waals surface area (Å²) in [5, 5.41) is 0. The van der Waals surface area contributed by atoms with Crippen LogP contribution in [0.15, 0.2) is 0 Å². The van der Waals surface area contributed by atoms with Crippen LogP contribution in [0.5, 0.6) is 0 Å². The average Bonchev–Trinajstić information content (AvgIpc) is 2.69. The topological polar surface area (TPSA) is 66.9 Å². The molecule has 6 nitrogen and oxygen atoms in total. The number of nitrogens with zero attached hydrogens (tertiary/aromatic N) is 2. The van der Waals surface area contributed by atoms with E-state index in [0.29, 0.717) is 25.9 Å². The highest BCUT2D eigenvalue weighted by Crippen LogP contribution is 2.45. The summed E-state index contributed by atoms with van der Waals surface area (Å²) in [7, 11) is 0. The summed E-state index contributed by atoms with van der Waals surface area (Å²) in [6.07, 6.45) is 0.726. The van der Waals surface area contributed by atoms with Gasteiger partial charge in [-0.3, -0.25) is 14.5 Å². The van der Waals surface area contributed by atoms with Crippen LogP contribution in [0, 0.1) is 0 Å². The van der Waals surface area contributed by atoms with Crippen molar-refractivity contribution >= 4 is 17.7 Å². The van der Waals surface area contributed by atoms with Crippen LogP contribution in [0.3, 0.4) is 0 Å². The van der Waals surface area contributed by atoms with Gasteiger partial charge in [-0.2, -0.15) is 0 Å². The Kier molecular flexibility index (Phi) is 2.36. The Hall–Kier alpha value is -1.43. The van der Waals surface area contributed by atoms with Crippen molar-refractivity contribution in [3.63, 3.8) is 0 Å². The second-order valence-electron chi connectivity index (χ2n) is 6.41. The molecule has 0 unspecified atom stereocenters. The molecule has 3 fully saturated rings. The number of ether oxygens (including phenoxy) is 1. The second kappa shape index (κ2) is 3.56. The third-order valence-electron chi connectivity index (χ3n) is 3.96. The lowest BCUT2D eigenvalue weighted by atomic mass is 9.96. The van der Waals surface area contributed by atoms with Gasteiger partial charge in [0.15, 0.2) is 5.78 Å². The molecule has 6 heteroatoms. The summed E-state index contributed by atoms with van der Waals surface area (Å²) in [6.45, 7) is 6.40. The minimum absolute atomic E-state index is 0.00994. The summed E-state index contributed by atoms with van der Waals surface area (Å²) in [5.41, 5.74) is -2.14. The molecule has 19 heavy (non-hydrogen) atoms. The fourth-order valence-corrected chi connectivity index (χ4v) is 3.28. The van der Waals surface area contributed by atoms with E-state index in [1.807, 2.05) is 0 Å². The Bertz CT molecular complexity index is 482. The fourth-order valence-electron chi connectivity index (χ4n) is 3.28. The summed E-state index contributed by atoms with van der Waals surface area (Å²) in [4.78, 5) is 39.9. The SMILES string of the molecule is CC(C)(C)OC(=O)[C@]12C(=O)CCN1C[C@H]1CC(=O)N12. The number of esters is 1. The van der Waals surface area contributed by atoms with E-state index in [9.17, 15) is 14.4 Å². The molecule has 0 saturated carbocycles. The molecule has 3 aliphatic heterocycles. The van der Waals surface area contributed by atoms with E-state index in [0.717, 1.165) is 0 Å². The minimum atomic E-state index is -1.46. The second-order valence-corrected chi connectivity index (χ2v) is 6.41. The quantitative estimate of drug-likeness (QED) is 0.377. The predicted molar refractivity (Wildman–Crippen MR) is 65.0 cm³/mol. The maximum atomic E-state index is 12.5.